The van der Waals surface area contributed by atoms with Gasteiger partial charge in [0, 0.05) is 0 Å². The molecule has 2 aromatic rings. The molecule has 0 saturated carbocycles. The topological polar surface area (TPSA) is 18.5 Å². The summed E-state index contributed by atoms with van der Waals surface area (Å²) in [4.78, 5) is 0. The summed E-state index contributed by atoms with van der Waals surface area (Å²) in [5.74, 6) is 0. The van der Waals surface area contributed by atoms with Crippen LogP contribution in [0.2, 0.25) is 0 Å². The van der Waals surface area contributed by atoms with Gasteiger partial charge in [-0.1, -0.05) is 0 Å². The molecule has 2 aromatic carbocycles. The fourth-order valence-corrected chi connectivity index (χ4v) is 9.27. The molecule has 0 unspecified atom stereocenters. The third-order valence-corrected chi connectivity index (χ3v) is 13.1. The quantitative estimate of drug-likeness (QED) is 0.563. The van der Waals surface area contributed by atoms with Crippen LogP contribution in [0.25, 0.3) is 0 Å². The van der Waals surface area contributed by atoms with Crippen molar-refractivity contribution >= 4 is 36.9 Å². The molecular formula is C17H20IO2P. The maximum absolute atomic E-state index is 5.76. The minimum atomic E-state index is -2.34. The van der Waals surface area contributed by atoms with Gasteiger partial charge in [0.15, 0.2) is 0 Å². The van der Waals surface area contributed by atoms with E-state index >= 15 is 0 Å². The molecule has 0 atom stereocenters. The van der Waals surface area contributed by atoms with Crippen molar-refractivity contribution in [1.82, 2.24) is 0 Å². The molecular weight excluding hydrogens is 394 g/mol. The van der Waals surface area contributed by atoms with E-state index in [0.29, 0.717) is 13.2 Å². The fraction of sp³-hybridized carbons (Fsp3) is 0.294. The van der Waals surface area contributed by atoms with Crippen LogP contribution in [-0.2, 0) is 9.47 Å². The van der Waals surface area contributed by atoms with Gasteiger partial charge in [-0.25, -0.2) is 0 Å². The van der Waals surface area contributed by atoms with Crippen LogP contribution in [0.4, 0.5) is 0 Å². The number of halogens is 1. The van der Waals surface area contributed by atoms with Gasteiger partial charge in [-0.05, 0) is 0 Å². The van der Waals surface area contributed by atoms with Crippen molar-refractivity contribution in [2.45, 2.75) is 6.29 Å². The second-order valence-electron chi connectivity index (χ2n) is 5.67. The van der Waals surface area contributed by atoms with E-state index in [2.05, 4.69) is 89.4 Å². The van der Waals surface area contributed by atoms with E-state index in [0.717, 1.165) is 6.16 Å². The first kappa shape index (κ1) is 15.4. The molecule has 3 rings (SSSR count). The average Bonchev–Trinajstić information content (AvgIpc) is 3.02. The summed E-state index contributed by atoms with van der Waals surface area (Å²) < 4.78 is 9.18. The van der Waals surface area contributed by atoms with Crippen molar-refractivity contribution in [3.63, 3.8) is 0 Å². The summed E-state index contributed by atoms with van der Waals surface area (Å²) >= 11 is 2.70. The van der Waals surface area contributed by atoms with E-state index < -0.39 is 4.25 Å². The number of hydrogen-bond acceptors (Lipinski definition) is 2. The molecule has 0 radical (unpaired) electrons. The summed E-state index contributed by atoms with van der Waals surface area (Å²) in [5, 5.41) is 2.80. The van der Waals surface area contributed by atoms with Crippen LogP contribution in [0.3, 0.4) is 0 Å². The Hall–Kier alpha value is -0.480. The van der Waals surface area contributed by atoms with Crippen LogP contribution in [0.1, 0.15) is 0 Å². The number of rotatable bonds is 4. The Kier molecular flexibility index (Phi) is 4.37. The molecule has 21 heavy (non-hydrogen) atoms. The molecule has 0 aromatic heterocycles. The predicted molar refractivity (Wildman–Crippen MR) is 99.6 cm³/mol. The monoisotopic (exact) mass is 414 g/mol. The molecule has 4 heteroatoms. The first-order chi connectivity index (χ1) is 10.1. The summed E-state index contributed by atoms with van der Waals surface area (Å²) in [7, 11) is 0. The third-order valence-electron chi connectivity index (χ3n) is 4.12. The number of benzene rings is 2. The molecule has 1 heterocycles. The van der Waals surface area contributed by atoms with Crippen molar-refractivity contribution < 1.29 is 9.47 Å². The van der Waals surface area contributed by atoms with Gasteiger partial charge in [0.05, 0.1) is 0 Å². The first-order valence-electron chi connectivity index (χ1n) is 7.16. The first-order valence-corrected chi connectivity index (χ1v) is 12.8. The fourth-order valence-electron chi connectivity index (χ4n) is 2.85. The SMILES string of the molecule is CP(I)(CC1OCCO1)(c1ccccc1)c1ccccc1. The normalized spacial score (nSPS) is 18.3. The van der Waals surface area contributed by atoms with E-state index in [1.807, 2.05) is 0 Å². The van der Waals surface area contributed by atoms with Crippen molar-refractivity contribution in [3.8, 4) is 0 Å². The van der Waals surface area contributed by atoms with Crippen molar-refractivity contribution in [3.05, 3.63) is 60.7 Å². The summed E-state index contributed by atoms with van der Waals surface area (Å²) in [6.45, 7) is 3.82. The molecule has 112 valence electrons. The molecule has 1 aliphatic rings. The van der Waals surface area contributed by atoms with Crippen molar-refractivity contribution in [2.75, 3.05) is 26.0 Å². The summed E-state index contributed by atoms with van der Waals surface area (Å²) in [6.07, 6.45) is 0.824. The third kappa shape index (κ3) is 3.02. The predicted octanol–water partition coefficient (Wildman–Crippen LogP) is 3.54. The molecule has 0 N–H and O–H groups in total. The minimum absolute atomic E-state index is 0.0926. The van der Waals surface area contributed by atoms with E-state index in [1.165, 1.54) is 10.6 Å². The zero-order valence-electron chi connectivity index (χ0n) is 12.1. The Labute approximate surface area is 139 Å². The standard InChI is InChI=1S/C17H20IO2P/c1-21(18,14-17-19-12-13-20-17,15-8-4-2-5-9-15)16-10-6-3-7-11-16/h2-11,17H,12-14H2,1H3. The van der Waals surface area contributed by atoms with E-state index in [4.69, 9.17) is 9.47 Å². The molecule has 0 aliphatic carbocycles. The zero-order valence-corrected chi connectivity index (χ0v) is 15.2. The van der Waals surface area contributed by atoms with Gasteiger partial charge in [-0.3, -0.25) is 0 Å². The van der Waals surface area contributed by atoms with E-state index in [9.17, 15) is 0 Å². The molecule has 0 spiro atoms. The average molecular weight is 414 g/mol. The Morgan fingerprint density at radius 2 is 1.33 bits per heavy atom. The second-order valence-corrected chi connectivity index (χ2v) is 18.2. The van der Waals surface area contributed by atoms with E-state index in [-0.39, 0.29) is 6.29 Å². The molecule has 1 saturated heterocycles. The Morgan fingerprint density at radius 1 is 0.905 bits per heavy atom. The molecule has 0 amide bonds. The van der Waals surface area contributed by atoms with Gasteiger partial charge in [0.25, 0.3) is 0 Å². The molecule has 0 bridgehead atoms. The van der Waals surface area contributed by atoms with Crippen LogP contribution in [-0.4, -0.2) is 32.3 Å². The number of hydrogen-bond donors (Lipinski definition) is 0. The maximum atomic E-state index is 5.76. The van der Waals surface area contributed by atoms with Gasteiger partial charge in [-0.15, -0.1) is 0 Å². The zero-order chi connectivity index (χ0) is 14.8. The van der Waals surface area contributed by atoms with Crippen LogP contribution in [0, 0.1) is 0 Å². The summed E-state index contributed by atoms with van der Waals surface area (Å²) in [5.41, 5.74) is 0. The number of ether oxygens (including phenoxy) is 2. The molecule has 1 fully saturated rings. The van der Waals surface area contributed by atoms with Gasteiger partial charge in [0.1, 0.15) is 0 Å². The Balaban J connectivity index is 2.09. The second kappa shape index (κ2) is 5.96. The summed E-state index contributed by atoms with van der Waals surface area (Å²) in [6, 6.07) is 21.6. The molecule has 1 aliphatic heterocycles. The van der Waals surface area contributed by atoms with Gasteiger partial charge in [0.2, 0.25) is 0 Å². The molecule has 2 nitrogen and oxygen atoms in total. The van der Waals surface area contributed by atoms with Gasteiger partial charge in [-0.2, -0.15) is 0 Å². The van der Waals surface area contributed by atoms with Crippen molar-refractivity contribution in [1.29, 1.82) is 0 Å². The Morgan fingerprint density at radius 3 is 1.76 bits per heavy atom. The van der Waals surface area contributed by atoms with Crippen LogP contribution in [0.15, 0.2) is 60.7 Å². The van der Waals surface area contributed by atoms with Gasteiger partial charge < -0.3 is 0 Å². The van der Waals surface area contributed by atoms with Crippen LogP contribution in [0.5, 0.6) is 0 Å². The van der Waals surface area contributed by atoms with Crippen molar-refractivity contribution in [2.24, 2.45) is 0 Å². The van der Waals surface area contributed by atoms with Crippen LogP contribution < -0.4 is 10.6 Å². The van der Waals surface area contributed by atoms with Gasteiger partial charge >= 0.3 is 139 Å². The van der Waals surface area contributed by atoms with Crippen LogP contribution >= 0.6 is 26.3 Å². The Bertz CT molecular complexity index is 551. The van der Waals surface area contributed by atoms with E-state index in [1.54, 1.807) is 0 Å².